The standard InChI is InChI=1S/C14H21NO4S/c1-10-8-12(6-7-14(10)19-2)20(17,18)15-13-5-3-4-11(13)9-16/h6-8,11,13,15-16H,3-5,9H2,1-2H3. The molecule has 0 aromatic heterocycles. The minimum atomic E-state index is -3.55. The highest BCUT2D eigenvalue weighted by molar-refractivity contribution is 7.89. The molecule has 0 bridgehead atoms. The molecule has 20 heavy (non-hydrogen) atoms. The minimum Gasteiger partial charge on any atom is -0.496 e. The summed E-state index contributed by atoms with van der Waals surface area (Å²) in [4.78, 5) is 0.236. The number of benzene rings is 1. The van der Waals surface area contributed by atoms with Crippen molar-refractivity contribution < 1.29 is 18.3 Å². The van der Waals surface area contributed by atoms with Crippen LogP contribution >= 0.6 is 0 Å². The van der Waals surface area contributed by atoms with Crippen molar-refractivity contribution in [2.45, 2.75) is 37.1 Å². The summed E-state index contributed by atoms with van der Waals surface area (Å²) in [6.45, 7) is 1.83. The van der Waals surface area contributed by atoms with Gasteiger partial charge in [-0.1, -0.05) is 6.42 Å². The van der Waals surface area contributed by atoms with E-state index in [2.05, 4.69) is 4.72 Å². The van der Waals surface area contributed by atoms with Crippen LogP contribution in [0.5, 0.6) is 5.75 Å². The second kappa shape index (κ2) is 6.11. The fourth-order valence-electron chi connectivity index (χ4n) is 2.70. The highest BCUT2D eigenvalue weighted by atomic mass is 32.2. The van der Waals surface area contributed by atoms with Crippen molar-refractivity contribution in [2.75, 3.05) is 13.7 Å². The fraction of sp³-hybridized carbons (Fsp3) is 0.571. The predicted molar refractivity (Wildman–Crippen MR) is 76.3 cm³/mol. The smallest absolute Gasteiger partial charge is 0.240 e. The molecule has 0 aliphatic heterocycles. The van der Waals surface area contributed by atoms with Crippen LogP contribution in [0.15, 0.2) is 23.1 Å². The van der Waals surface area contributed by atoms with Crippen molar-refractivity contribution >= 4 is 10.0 Å². The minimum absolute atomic E-state index is 0.0177. The van der Waals surface area contributed by atoms with Gasteiger partial charge in [0.05, 0.1) is 12.0 Å². The molecule has 0 saturated heterocycles. The number of ether oxygens (including phenoxy) is 1. The molecule has 2 N–H and O–H groups in total. The fourth-order valence-corrected chi connectivity index (χ4v) is 4.12. The Morgan fingerprint density at radius 1 is 1.40 bits per heavy atom. The third-order valence-electron chi connectivity index (χ3n) is 3.88. The zero-order valence-corrected chi connectivity index (χ0v) is 12.6. The van der Waals surface area contributed by atoms with Gasteiger partial charge in [-0.15, -0.1) is 0 Å². The zero-order chi connectivity index (χ0) is 14.8. The molecule has 1 aliphatic rings. The molecule has 0 radical (unpaired) electrons. The van der Waals surface area contributed by atoms with Gasteiger partial charge in [-0.2, -0.15) is 0 Å². The van der Waals surface area contributed by atoms with Crippen molar-refractivity contribution in [2.24, 2.45) is 5.92 Å². The molecule has 1 aromatic carbocycles. The maximum absolute atomic E-state index is 12.4. The Morgan fingerprint density at radius 2 is 2.15 bits per heavy atom. The lowest BCUT2D eigenvalue weighted by atomic mass is 10.1. The summed E-state index contributed by atoms with van der Waals surface area (Å²) in [5, 5.41) is 9.26. The largest absolute Gasteiger partial charge is 0.496 e. The Balaban J connectivity index is 2.20. The van der Waals surface area contributed by atoms with Gasteiger partial charge in [0, 0.05) is 12.6 Å². The van der Waals surface area contributed by atoms with Crippen LogP contribution in [0.1, 0.15) is 24.8 Å². The molecule has 0 heterocycles. The van der Waals surface area contributed by atoms with Gasteiger partial charge < -0.3 is 9.84 Å². The second-order valence-electron chi connectivity index (χ2n) is 5.23. The molecule has 2 rings (SSSR count). The number of aryl methyl sites for hydroxylation is 1. The molecule has 6 heteroatoms. The lowest BCUT2D eigenvalue weighted by Gasteiger charge is -2.19. The summed E-state index contributed by atoms with van der Waals surface area (Å²) in [5.41, 5.74) is 0.778. The molecular weight excluding hydrogens is 278 g/mol. The van der Waals surface area contributed by atoms with Gasteiger partial charge in [-0.3, -0.25) is 0 Å². The summed E-state index contributed by atoms with van der Waals surface area (Å²) in [6.07, 6.45) is 2.59. The number of rotatable bonds is 5. The third kappa shape index (κ3) is 3.13. The third-order valence-corrected chi connectivity index (χ3v) is 5.36. The highest BCUT2D eigenvalue weighted by Gasteiger charge is 2.30. The molecule has 2 atom stereocenters. The van der Waals surface area contributed by atoms with Crippen molar-refractivity contribution in [1.29, 1.82) is 0 Å². The van der Waals surface area contributed by atoms with Gasteiger partial charge in [-0.25, -0.2) is 13.1 Å². The van der Waals surface area contributed by atoms with Gasteiger partial charge >= 0.3 is 0 Å². The SMILES string of the molecule is COc1ccc(S(=O)(=O)NC2CCCC2CO)cc1C. The monoisotopic (exact) mass is 299 g/mol. The van der Waals surface area contributed by atoms with E-state index >= 15 is 0 Å². The van der Waals surface area contributed by atoms with Gasteiger partial charge in [0.1, 0.15) is 5.75 Å². The van der Waals surface area contributed by atoms with Gasteiger partial charge in [0.2, 0.25) is 10.0 Å². The first kappa shape index (κ1) is 15.3. The Hall–Kier alpha value is -1.11. The Labute approximate surface area is 120 Å². The van der Waals surface area contributed by atoms with E-state index in [1.165, 1.54) is 6.07 Å². The zero-order valence-electron chi connectivity index (χ0n) is 11.8. The van der Waals surface area contributed by atoms with Crippen LogP contribution in [-0.4, -0.2) is 33.3 Å². The molecule has 1 saturated carbocycles. The number of methoxy groups -OCH3 is 1. The van der Waals surface area contributed by atoms with Gasteiger partial charge in [0.25, 0.3) is 0 Å². The Kier molecular flexibility index (Phi) is 4.67. The molecule has 5 nitrogen and oxygen atoms in total. The topological polar surface area (TPSA) is 75.6 Å². The van der Waals surface area contributed by atoms with Crippen LogP contribution < -0.4 is 9.46 Å². The summed E-state index contributed by atoms with van der Waals surface area (Å²) in [5.74, 6) is 0.683. The first-order chi connectivity index (χ1) is 9.47. The van der Waals surface area contributed by atoms with Crippen LogP contribution in [0.25, 0.3) is 0 Å². The highest BCUT2D eigenvalue weighted by Crippen LogP contribution is 2.27. The summed E-state index contributed by atoms with van der Waals surface area (Å²) in [6, 6.07) is 4.62. The lowest BCUT2D eigenvalue weighted by molar-refractivity contribution is 0.213. The van der Waals surface area contributed by atoms with E-state index in [1.807, 2.05) is 6.92 Å². The Morgan fingerprint density at radius 3 is 2.75 bits per heavy atom. The lowest BCUT2D eigenvalue weighted by Crippen LogP contribution is -2.38. The second-order valence-corrected chi connectivity index (χ2v) is 6.95. The van der Waals surface area contributed by atoms with E-state index in [-0.39, 0.29) is 23.5 Å². The number of hydrogen-bond acceptors (Lipinski definition) is 4. The summed E-state index contributed by atoms with van der Waals surface area (Å²) < 4.78 is 32.6. The summed E-state index contributed by atoms with van der Waals surface area (Å²) in [7, 11) is -2.00. The normalized spacial score (nSPS) is 22.9. The number of hydrogen-bond donors (Lipinski definition) is 2. The number of aliphatic hydroxyl groups is 1. The predicted octanol–water partition coefficient (Wildman–Crippen LogP) is 1.44. The average Bonchev–Trinajstić information content (AvgIpc) is 2.85. The molecule has 2 unspecified atom stereocenters. The first-order valence-corrected chi connectivity index (χ1v) is 8.24. The molecule has 112 valence electrons. The van der Waals surface area contributed by atoms with Gasteiger partial charge in [0.15, 0.2) is 0 Å². The maximum Gasteiger partial charge on any atom is 0.240 e. The van der Waals surface area contributed by atoms with Crippen molar-refractivity contribution in [1.82, 2.24) is 4.72 Å². The average molecular weight is 299 g/mol. The molecule has 0 amide bonds. The van der Waals surface area contributed by atoms with Crippen molar-refractivity contribution in [3.05, 3.63) is 23.8 Å². The van der Waals surface area contributed by atoms with Crippen LogP contribution in [-0.2, 0) is 10.0 Å². The van der Waals surface area contributed by atoms with E-state index in [4.69, 9.17) is 4.74 Å². The molecular formula is C14H21NO4S. The van der Waals surface area contributed by atoms with E-state index in [0.29, 0.717) is 5.75 Å². The molecule has 1 aromatic rings. The van der Waals surface area contributed by atoms with Crippen LogP contribution in [0.4, 0.5) is 0 Å². The number of sulfonamides is 1. The van der Waals surface area contributed by atoms with Crippen molar-refractivity contribution in [3.63, 3.8) is 0 Å². The van der Waals surface area contributed by atoms with Crippen molar-refractivity contribution in [3.8, 4) is 5.75 Å². The van der Waals surface area contributed by atoms with E-state index in [1.54, 1.807) is 19.2 Å². The van der Waals surface area contributed by atoms with E-state index < -0.39 is 10.0 Å². The summed E-state index contributed by atoms with van der Waals surface area (Å²) >= 11 is 0. The van der Waals surface area contributed by atoms with Crippen LogP contribution in [0.2, 0.25) is 0 Å². The molecule has 0 spiro atoms. The number of aliphatic hydroxyl groups excluding tert-OH is 1. The quantitative estimate of drug-likeness (QED) is 0.862. The van der Waals surface area contributed by atoms with E-state index in [0.717, 1.165) is 24.8 Å². The Bertz CT molecular complexity index is 571. The molecule has 1 aliphatic carbocycles. The van der Waals surface area contributed by atoms with E-state index in [9.17, 15) is 13.5 Å². The first-order valence-electron chi connectivity index (χ1n) is 6.75. The molecule has 1 fully saturated rings. The van der Waals surface area contributed by atoms with Crippen LogP contribution in [0.3, 0.4) is 0 Å². The maximum atomic E-state index is 12.4. The number of nitrogens with one attached hydrogen (secondary N) is 1. The van der Waals surface area contributed by atoms with Crippen LogP contribution in [0, 0.1) is 12.8 Å². The van der Waals surface area contributed by atoms with Gasteiger partial charge in [-0.05, 0) is 49.4 Å².